The minimum absolute atomic E-state index is 0.0405. The molecule has 0 aliphatic heterocycles. The highest BCUT2D eigenvalue weighted by atomic mass is 16.5. The molecule has 3 nitrogen and oxygen atoms in total. The quantitative estimate of drug-likeness (QED) is 0.619. The fraction of sp³-hybridized carbons (Fsp3) is 0.500. The molecule has 2 rings (SSSR count). The molecule has 0 spiro atoms. The van der Waals surface area contributed by atoms with Gasteiger partial charge in [0.25, 0.3) is 0 Å². The van der Waals surface area contributed by atoms with Crippen LogP contribution in [0.25, 0.3) is 11.5 Å². The van der Waals surface area contributed by atoms with Crippen LogP contribution < -0.4 is 0 Å². The number of benzene rings is 1. The first kappa shape index (κ1) is 22.9. The van der Waals surface area contributed by atoms with Crippen LogP contribution >= 0.6 is 0 Å². The van der Waals surface area contributed by atoms with Gasteiger partial charge in [0.15, 0.2) is 0 Å². The Morgan fingerprint density at radius 2 is 1.76 bits per heavy atom. The van der Waals surface area contributed by atoms with E-state index in [0.29, 0.717) is 5.89 Å². The lowest BCUT2D eigenvalue weighted by Crippen LogP contribution is -2.09. The maximum atomic E-state index is 5.76. The van der Waals surface area contributed by atoms with E-state index in [-0.39, 0.29) is 6.10 Å². The minimum atomic E-state index is -0.0405. The van der Waals surface area contributed by atoms with E-state index in [1.807, 2.05) is 71.9 Å². The molecule has 0 fully saturated rings. The Labute approximate surface area is 153 Å². The molecule has 1 atom stereocenters. The average molecular weight is 344 g/mol. The van der Waals surface area contributed by atoms with E-state index in [0.717, 1.165) is 36.3 Å². The summed E-state index contributed by atoms with van der Waals surface area (Å²) in [7, 11) is 1.69. The van der Waals surface area contributed by atoms with Gasteiger partial charge in [-0.05, 0) is 31.9 Å². The van der Waals surface area contributed by atoms with Crippen molar-refractivity contribution in [2.24, 2.45) is 0 Å². The van der Waals surface area contributed by atoms with Gasteiger partial charge in [-0.3, -0.25) is 0 Å². The molecule has 0 bridgehead atoms. The third kappa shape index (κ3) is 8.05. The molecule has 1 heterocycles. The summed E-state index contributed by atoms with van der Waals surface area (Å²) in [5.74, 6) is 7.72. The second-order valence-corrected chi connectivity index (χ2v) is 4.83. The number of aromatic nitrogens is 1. The summed E-state index contributed by atoms with van der Waals surface area (Å²) in [5.41, 5.74) is 1.98. The van der Waals surface area contributed by atoms with Gasteiger partial charge in [0.2, 0.25) is 5.89 Å². The summed E-state index contributed by atoms with van der Waals surface area (Å²) in [4.78, 5) is 4.60. The first-order valence-electron chi connectivity index (χ1n) is 9.27. The maximum Gasteiger partial charge on any atom is 0.226 e. The van der Waals surface area contributed by atoms with Crippen LogP contribution in [0.2, 0.25) is 0 Å². The standard InChI is InChI=1S/C18H21NO2.2C2H6/c1-4-5-11-16(20-3)12-13-17-14(2)21-18(19-17)15-9-7-6-8-10-15;2*1-2/h6-10,16H,4,12-13H2,1-3H3;2*1-2H3. The number of hydrogen-bond donors (Lipinski definition) is 0. The molecule has 1 unspecified atom stereocenters. The van der Waals surface area contributed by atoms with Crippen LogP contribution in [0.3, 0.4) is 0 Å². The number of hydrogen-bond acceptors (Lipinski definition) is 3. The normalized spacial score (nSPS) is 10.4. The number of rotatable bonds is 5. The first-order valence-corrected chi connectivity index (χ1v) is 9.27. The summed E-state index contributed by atoms with van der Waals surface area (Å²) >= 11 is 0. The first-order chi connectivity index (χ1) is 12.2. The minimum Gasteiger partial charge on any atom is -0.441 e. The molecule has 0 saturated heterocycles. The van der Waals surface area contributed by atoms with Crippen molar-refractivity contribution in [3.05, 3.63) is 41.8 Å². The van der Waals surface area contributed by atoms with Crippen LogP contribution in [0.15, 0.2) is 34.7 Å². The van der Waals surface area contributed by atoms with Crippen LogP contribution in [-0.2, 0) is 11.2 Å². The Balaban J connectivity index is 0.00000134. The highest BCUT2D eigenvalue weighted by Gasteiger charge is 2.13. The summed E-state index contributed by atoms with van der Waals surface area (Å²) in [5, 5.41) is 0. The lowest BCUT2D eigenvalue weighted by Gasteiger charge is -2.06. The summed E-state index contributed by atoms with van der Waals surface area (Å²) in [6.07, 6.45) is 2.44. The van der Waals surface area contributed by atoms with Crippen molar-refractivity contribution in [2.75, 3.05) is 7.11 Å². The van der Waals surface area contributed by atoms with Crippen molar-refractivity contribution in [3.8, 4) is 23.3 Å². The van der Waals surface area contributed by atoms with Crippen LogP contribution in [0, 0.1) is 18.8 Å². The van der Waals surface area contributed by atoms with Gasteiger partial charge in [0, 0.05) is 19.1 Å². The highest BCUT2D eigenvalue weighted by Crippen LogP contribution is 2.22. The molecule has 0 aliphatic carbocycles. The molecule has 0 aliphatic rings. The Kier molecular flexibility index (Phi) is 13.1. The van der Waals surface area contributed by atoms with Crippen LogP contribution in [0.1, 0.15) is 58.9 Å². The third-order valence-corrected chi connectivity index (χ3v) is 3.28. The molecule has 1 aromatic heterocycles. The van der Waals surface area contributed by atoms with Crippen LogP contribution in [-0.4, -0.2) is 18.2 Å². The monoisotopic (exact) mass is 343 g/mol. The van der Waals surface area contributed by atoms with Gasteiger partial charge in [-0.1, -0.05) is 58.7 Å². The summed E-state index contributed by atoms with van der Waals surface area (Å²) in [6.45, 7) is 12.0. The second kappa shape index (κ2) is 14.3. The molecule has 0 saturated carbocycles. The van der Waals surface area contributed by atoms with Gasteiger partial charge in [0.05, 0.1) is 5.69 Å². The largest absolute Gasteiger partial charge is 0.441 e. The van der Waals surface area contributed by atoms with Crippen molar-refractivity contribution in [3.63, 3.8) is 0 Å². The van der Waals surface area contributed by atoms with Crippen molar-refractivity contribution < 1.29 is 9.15 Å². The number of oxazole rings is 1. The molecule has 1 aromatic carbocycles. The number of ether oxygens (including phenoxy) is 1. The van der Waals surface area contributed by atoms with Gasteiger partial charge >= 0.3 is 0 Å². The molecular formula is C22H33NO2. The molecule has 0 N–H and O–H groups in total. The summed E-state index contributed by atoms with van der Waals surface area (Å²) in [6, 6.07) is 9.95. The fourth-order valence-corrected chi connectivity index (χ4v) is 2.10. The van der Waals surface area contributed by atoms with Crippen LogP contribution in [0.5, 0.6) is 0 Å². The SMILES string of the molecule is CC.CC.CCC#CC(CCc1nc(-c2ccccc2)oc1C)OC. The van der Waals surface area contributed by atoms with E-state index in [9.17, 15) is 0 Å². The van der Waals surface area contributed by atoms with E-state index in [2.05, 4.69) is 16.8 Å². The number of methoxy groups -OCH3 is 1. The van der Waals surface area contributed by atoms with Crippen molar-refractivity contribution in [1.29, 1.82) is 0 Å². The number of aryl methyl sites for hydroxylation is 2. The zero-order valence-corrected chi connectivity index (χ0v) is 16.8. The Morgan fingerprint density at radius 3 is 2.32 bits per heavy atom. The van der Waals surface area contributed by atoms with E-state index in [4.69, 9.17) is 9.15 Å². The molecule has 0 amide bonds. The van der Waals surface area contributed by atoms with Gasteiger partial charge in [-0.15, -0.1) is 5.92 Å². The molecular weight excluding hydrogens is 310 g/mol. The van der Waals surface area contributed by atoms with Crippen molar-refractivity contribution in [2.45, 2.75) is 66.9 Å². The molecule has 3 heteroatoms. The predicted octanol–water partition coefficient (Wildman–Crippen LogP) is 6.06. The Bertz CT molecular complexity index is 620. The van der Waals surface area contributed by atoms with E-state index in [1.54, 1.807) is 7.11 Å². The van der Waals surface area contributed by atoms with E-state index >= 15 is 0 Å². The number of nitrogens with zero attached hydrogens (tertiary/aromatic N) is 1. The van der Waals surface area contributed by atoms with Gasteiger partial charge in [0.1, 0.15) is 11.9 Å². The highest BCUT2D eigenvalue weighted by molar-refractivity contribution is 5.53. The second-order valence-electron chi connectivity index (χ2n) is 4.83. The zero-order chi connectivity index (χ0) is 19.1. The molecule has 0 radical (unpaired) electrons. The Hall–Kier alpha value is -2.05. The predicted molar refractivity (Wildman–Crippen MR) is 107 cm³/mol. The smallest absolute Gasteiger partial charge is 0.226 e. The zero-order valence-electron chi connectivity index (χ0n) is 16.8. The lowest BCUT2D eigenvalue weighted by molar-refractivity contribution is 0.141. The molecule has 25 heavy (non-hydrogen) atoms. The topological polar surface area (TPSA) is 35.3 Å². The van der Waals surface area contributed by atoms with Crippen molar-refractivity contribution in [1.82, 2.24) is 4.98 Å². The van der Waals surface area contributed by atoms with Crippen molar-refractivity contribution >= 4 is 0 Å². The van der Waals surface area contributed by atoms with Gasteiger partial charge in [-0.2, -0.15) is 0 Å². The molecule has 2 aromatic rings. The third-order valence-electron chi connectivity index (χ3n) is 3.28. The lowest BCUT2D eigenvalue weighted by atomic mass is 10.1. The van der Waals surface area contributed by atoms with E-state index in [1.165, 1.54) is 0 Å². The van der Waals surface area contributed by atoms with Crippen LogP contribution in [0.4, 0.5) is 0 Å². The Morgan fingerprint density at radius 1 is 1.12 bits per heavy atom. The average Bonchev–Trinajstić information content (AvgIpc) is 3.07. The van der Waals surface area contributed by atoms with E-state index < -0.39 is 0 Å². The van der Waals surface area contributed by atoms with Gasteiger partial charge in [-0.25, -0.2) is 4.98 Å². The summed E-state index contributed by atoms with van der Waals surface area (Å²) < 4.78 is 11.1. The maximum absolute atomic E-state index is 5.76. The molecule has 138 valence electrons. The fourth-order valence-electron chi connectivity index (χ4n) is 2.10. The van der Waals surface area contributed by atoms with Gasteiger partial charge < -0.3 is 9.15 Å².